The molecule has 1 amide bonds. The lowest BCUT2D eigenvalue weighted by molar-refractivity contribution is 0.0910. The number of benzene rings is 1. The fourth-order valence-electron chi connectivity index (χ4n) is 2.47. The first kappa shape index (κ1) is 14.1. The zero-order valence-electron chi connectivity index (χ0n) is 10.6. The minimum Gasteiger partial charge on any atom is -0.349 e. The predicted molar refractivity (Wildman–Crippen MR) is 83.1 cm³/mol. The second-order valence-corrected chi connectivity index (χ2v) is 7.11. The quantitative estimate of drug-likeness (QED) is 0.767. The summed E-state index contributed by atoms with van der Waals surface area (Å²) in [6.45, 7) is 4.43. The lowest BCUT2D eigenvalue weighted by atomic mass is 9.87. The minimum atomic E-state index is -0.0201. The van der Waals surface area contributed by atoms with Crippen molar-refractivity contribution >= 4 is 40.1 Å². The van der Waals surface area contributed by atoms with Gasteiger partial charge in [-0.1, -0.05) is 31.9 Å². The molecule has 2 rings (SSSR count). The standard InChI is InChI=1S/C14H17ClINO/c1-14(2)7-3-4-12(14)17-13(18)9-5-6-11(16)10(15)8-9/h5-6,8,12H,3-4,7H2,1-2H3,(H,17,18). The van der Waals surface area contributed by atoms with Crippen LogP contribution in [0.4, 0.5) is 0 Å². The normalized spacial score (nSPS) is 21.9. The average molecular weight is 378 g/mol. The fourth-order valence-corrected chi connectivity index (χ4v) is 2.99. The average Bonchev–Trinajstić information content (AvgIpc) is 2.62. The van der Waals surface area contributed by atoms with E-state index in [0.29, 0.717) is 10.6 Å². The van der Waals surface area contributed by atoms with Gasteiger partial charge in [0.05, 0.1) is 5.02 Å². The lowest BCUT2D eigenvalue weighted by Gasteiger charge is -2.27. The molecule has 0 spiro atoms. The van der Waals surface area contributed by atoms with Crippen LogP contribution in [0.3, 0.4) is 0 Å². The molecule has 1 N–H and O–H groups in total. The van der Waals surface area contributed by atoms with Crippen molar-refractivity contribution in [3.05, 3.63) is 32.4 Å². The molecule has 0 aromatic heterocycles. The van der Waals surface area contributed by atoms with Crippen molar-refractivity contribution in [2.45, 2.75) is 39.2 Å². The Labute approximate surface area is 127 Å². The third-order valence-electron chi connectivity index (χ3n) is 3.74. The molecular weight excluding hydrogens is 361 g/mol. The molecule has 0 bridgehead atoms. The summed E-state index contributed by atoms with van der Waals surface area (Å²) < 4.78 is 0.965. The molecule has 98 valence electrons. The number of carbonyl (C=O) groups excluding carboxylic acids is 1. The van der Waals surface area contributed by atoms with Gasteiger partial charge in [0, 0.05) is 15.2 Å². The molecule has 0 radical (unpaired) electrons. The van der Waals surface area contributed by atoms with E-state index in [1.807, 2.05) is 12.1 Å². The van der Waals surface area contributed by atoms with Gasteiger partial charge in [0.1, 0.15) is 0 Å². The van der Waals surface area contributed by atoms with E-state index in [1.165, 1.54) is 12.8 Å². The molecule has 1 saturated carbocycles. The summed E-state index contributed by atoms with van der Waals surface area (Å²) in [4.78, 5) is 12.2. The van der Waals surface area contributed by atoms with E-state index < -0.39 is 0 Å². The van der Waals surface area contributed by atoms with Crippen LogP contribution in [-0.4, -0.2) is 11.9 Å². The summed E-state index contributed by atoms with van der Waals surface area (Å²) >= 11 is 8.20. The highest BCUT2D eigenvalue weighted by atomic mass is 127. The molecule has 0 heterocycles. The number of carbonyl (C=O) groups is 1. The zero-order valence-corrected chi connectivity index (χ0v) is 13.5. The number of halogens is 2. The number of rotatable bonds is 2. The first-order valence-electron chi connectivity index (χ1n) is 6.16. The number of nitrogens with one attached hydrogen (secondary N) is 1. The first-order valence-corrected chi connectivity index (χ1v) is 7.62. The van der Waals surface area contributed by atoms with Gasteiger partial charge in [0.15, 0.2) is 0 Å². The summed E-state index contributed by atoms with van der Waals surface area (Å²) in [5, 5.41) is 3.77. The van der Waals surface area contributed by atoms with E-state index in [2.05, 4.69) is 41.8 Å². The van der Waals surface area contributed by atoms with Crippen molar-refractivity contribution in [1.82, 2.24) is 5.32 Å². The summed E-state index contributed by atoms with van der Waals surface area (Å²) in [7, 11) is 0. The van der Waals surface area contributed by atoms with Gasteiger partial charge < -0.3 is 5.32 Å². The number of amides is 1. The van der Waals surface area contributed by atoms with E-state index in [-0.39, 0.29) is 17.4 Å². The molecule has 1 aliphatic rings. The molecule has 0 saturated heterocycles. The zero-order chi connectivity index (χ0) is 13.3. The maximum atomic E-state index is 12.2. The smallest absolute Gasteiger partial charge is 0.251 e. The number of hydrogen-bond donors (Lipinski definition) is 1. The molecule has 4 heteroatoms. The Morgan fingerprint density at radius 2 is 2.22 bits per heavy atom. The topological polar surface area (TPSA) is 29.1 Å². The van der Waals surface area contributed by atoms with Crippen LogP contribution in [0.15, 0.2) is 18.2 Å². The van der Waals surface area contributed by atoms with Crippen LogP contribution in [0.2, 0.25) is 5.02 Å². The summed E-state index contributed by atoms with van der Waals surface area (Å²) in [6, 6.07) is 5.70. The lowest BCUT2D eigenvalue weighted by Crippen LogP contribution is -2.41. The Morgan fingerprint density at radius 1 is 1.50 bits per heavy atom. The highest BCUT2D eigenvalue weighted by Crippen LogP contribution is 2.37. The Bertz CT molecular complexity index is 473. The Morgan fingerprint density at radius 3 is 2.78 bits per heavy atom. The van der Waals surface area contributed by atoms with Crippen LogP contribution in [0.1, 0.15) is 43.5 Å². The van der Waals surface area contributed by atoms with Gasteiger partial charge in [-0.2, -0.15) is 0 Å². The van der Waals surface area contributed by atoms with Crippen molar-refractivity contribution < 1.29 is 4.79 Å². The van der Waals surface area contributed by atoms with Crippen molar-refractivity contribution in [1.29, 1.82) is 0 Å². The van der Waals surface area contributed by atoms with Crippen LogP contribution in [0.25, 0.3) is 0 Å². The van der Waals surface area contributed by atoms with Gasteiger partial charge in [-0.15, -0.1) is 0 Å². The van der Waals surface area contributed by atoms with E-state index in [0.717, 1.165) is 9.99 Å². The van der Waals surface area contributed by atoms with Gasteiger partial charge >= 0.3 is 0 Å². The van der Waals surface area contributed by atoms with Gasteiger partial charge in [-0.3, -0.25) is 4.79 Å². The Balaban J connectivity index is 2.10. The molecule has 1 atom stereocenters. The van der Waals surface area contributed by atoms with Crippen molar-refractivity contribution in [3.63, 3.8) is 0 Å². The highest BCUT2D eigenvalue weighted by molar-refractivity contribution is 14.1. The van der Waals surface area contributed by atoms with Crippen LogP contribution >= 0.6 is 34.2 Å². The second-order valence-electron chi connectivity index (χ2n) is 5.54. The van der Waals surface area contributed by atoms with Crippen LogP contribution in [0, 0.1) is 8.99 Å². The number of hydrogen-bond acceptors (Lipinski definition) is 1. The SMILES string of the molecule is CC1(C)CCCC1NC(=O)c1ccc(I)c(Cl)c1. The monoisotopic (exact) mass is 377 g/mol. The molecule has 1 aromatic rings. The largest absolute Gasteiger partial charge is 0.349 e. The van der Waals surface area contributed by atoms with Gasteiger partial charge in [-0.05, 0) is 59.0 Å². The Kier molecular flexibility index (Phi) is 4.22. The van der Waals surface area contributed by atoms with Gasteiger partial charge in [0.2, 0.25) is 0 Å². The first-order chi connectivity index (χ1) is 8.40. The summed E-state index contributed by atoms with van der Waals surface area (Å²) in [5.41, 5.74) is 0.839. The molecule has 2 nitrogen and oxygen atoms in total. The third kappa shape index (κ3) is 2.99. The minimum absolute atomic E-state index is 0.0201. The highest BCUT2D eigenvalue weighted by Gasteiger charge is 2.35. The van der Waals surface area contributed by atoms with E-state index in [4.69, 9.17) is 11.6 Å². The maximum absolute atomic E-state index is 12.2. The van der Waals surface area contributed by atoms with Crippen molar-refractivity contribution in [3.8, 4) is 0 Å². The molecule has 18 heavy (non-hydrogen) atoms. The summed E-state index contributed by atoms with van der Waals surface area (Å²) in [6.07, 6.45) is 3.42. The van der Waals surface area contributed by atoms with Crippen LogP contribution in [0.5, 0.6) is 0 Å². The van der Waals surface area contributed by atoms with Crippen LogP contribution < -0.4 is 5.32 Å². The van der Waals surface area contributed by atoms with Gasteiger partial charge in [-0.25, -0.2) is 0 Å². The van der Waals surface area contributed by atoms with E-state index >= 15 is 0 Å². The summed E-state index contributed by atoms with van der Waals surface area (Å²) in [5.74, 6) is -0.0201. The molecule has 0 aliphatic heterocycles. The Hall–Kier alpha value is -0.290. The molecule has 1 aliphatic carbocycles. The molecule has 1 unspecified atom stereocenters. The fraction of sp³-hybridized carbons (Fsp3) is 0.500. The van der Waals surface area contributed by atoms with Crippen LogP contribution in [-0.2, 0) is 0 Å². The molecular formula is C14H17ClINO. The van der Waals surface area contributed by atoms with E-state index in [9.17, 15) is 4.79 Å². The second kappa shape index (κ2) is 5.37. The maximum Gasteiger partial charge on any atom is 0.251 e. The molecule has 1 aromatic carbocycles. The van der Waals surface area contributed by atoms with Crippen molar-refractivity contribution in [2.75, 3.05) is 0 Å². The van der Waals surface area contributed by atoms with Crippen molar-refractivity contribution in [2.24, 2.45) is 5.41 Å². The predicted octanol–water partition coefficient (Wildman–Crippen LogP) is 4.25. The van der Waals surface area contributed by atoms with E-state index in [1.54, 1.807) is 6.07 Å². The third-order valence-corrected chi connectivity index (χ3v) is 5.32. The van der Waals surface area contributed by atoms with Gasteiger partial charge in [0.25, 0.3) is 5.91 Å². The molecule has 1 fully saturated rings.